The van der Waals surface area contributed by atoms with Gasteiger partial charge in [-0.05, 0) is 29.7 Å². The van der Waals surface area contributed by atoms with Crippen molar-refractivity contribution in [3.8, 4) is 0 Å². The first kappa shape index (κ1) is 21.8. The lowest BCUT2D eigenvalue weighted by molar-refractivity contribution is -0.138. The molecule has 0 saturated carbocycles. The second-order valence-electron chi connectivity index (χ2n) is 7.16. The van der Waals surface area contributed by atoms with Crippen LogP contribution >= 0.6 is 11.6 Å². The van der Waals surface area contributed by atoms with Crippen molar-refractivity contribution in [2.24, 2.45) is 5.41 Å². The molecule has 4 nitrogen and oxygen atoms in total. The Morgan fingerprint density at radius 3 is 2.25 bits per heavy atom. The molecule has 1 aromatic carbocycles. The van der Waals surface area contributed by atoms with Crippen LogP contribution in [0.1, 0.15) is 47.2 Å². The summed E-state index contributed by atoms with van der Waals surface area (Å²) in [6.45, 7) is 4.83. The standard InChI is InChI=1S/C19H17ClF4N2O2/c1-18(2,3)16(15(27)13-8-7-10(20)9-25-13)26-17(28)14-11(19(22,23)24)5-4-6-12(14)21/h4-9,16H,1-3H3,(H,26,28). The van der Waals surface area contributed by atoms with Gasteiger partial charge >= 0.3 is 6.18 Å². The number of amides is 1. The van der Waals surface area contributed by atoms with Crippen molar-refractivity contribution in [3.05, 3.63) is 64.2 Å². The van der Waals surface area contributed by atoms with Gasteiger partial charge in [-0.1, -0.05) is 38.4 Å². The summed E-state index contributed by atoms with van der Waals surface area (Å²) < 4.78 is 53.6. The maximum atomic E-state index is 14.1. The third kappa shape index (κ3) is 4.86. The van der Waals surface area contributed by atoms with Gasteiger partial charge in [0.1, 0.15) is 11.5 Å². The Kier molecular flexibility index (Phi) is 6.13. The summed E-state index contributed by atoms with van der Waals surface area (Å²) in [5.41, 5.74) is -3.51. The summed E-state index contributed by atoms with van der Waals surface area (Å²) in [5.74, 6) is -3.31. The number of hydrogen-bond donors (Lipinski definition) is 1. The zero-order chi connectivity index (χ0) is 21.3. The van der Waals surface area contributed by atoms with Crippen LogP contribution in [0.25, 0.3) is 0 Å². The van der Waals surface area contributed by atoms with Gasteiger partial charge in [0.15, 0.2) is 0 Å². The van der Waals surface area contributed by atoms with Crippen molar-refractivity contribution in [1.82, 2.24) is 10.3 Å². The fourth-order valence-electron chi connectivity index (χ4n) is 2.54. The SMILES string of the molecule is CC(C)(C)C(NC(=O)c1c(F)cccc1C(F)(F)F)C(=O)c1ccc(Cl)cn1. The van der Waals surface area contributed by atoms with E-state index in [0.29, 0.717) is 6.07 Å². The zero-order valence-electron chi connectivity index (χ0n) is 15.2. The van der Waals surface area contributed by atoms with Crippen molar-refractivity contribution in [2.75, 3.05) is 0 Å². The van der Waals surface area contributed by atoms with Gasteiger partial charge in [0.05, 0.1) is 22.2 Å². The van der Waals surface area contributed by atoms with Gasteiger partial charge in [0.25, 0.3) is 5.91 Å². The minimum Gasteiger partial charge on any atom is -0.341 e. The molecule has 0 fully saturated rings. The smallest absolute Gasteiger partial charge is 0.341 e. The van der Waals surface area contributed by atoms with Gasteiger partial charge < -0.3 is 5.32 Å². The van der Waals surface area contributed by atoms with E-state index in [9.17, 15) is 27.2 Å². The van der Waals surface area contributed by atoms with E-state index in [0.717, 1.165) is 12.1 Å². The van der Waals surface area contributed by atoms with Crippen LogP contribution in [0.15, 0.2) is 36.5 Å². The molecule has 0 aliphatic carbocycles. The molecule has 1 amide bonds. The molecular weight excluding hydrogens is 400 g/mol. The molecule has 0 bridgehead atoms. The molecule has 1 aromatic heterocycles. The number of nitrogens with zero attached hydrogens (tertiary/aromatic N) is 1. The van der Waals surface area contributed by atoms with Gasteiger partial charge in [-0.25, -0.2) is 4.39 Å². The Morgan fingerprint density at radius 1 is 1.11 bits per heavy atom. The number of Topliss-reactive ketones (excluding diaryl/α,β-unsaturated/α-hetero) is 1. The van der Waals surface area contributed by atoms with Crippen LogP contribution in [0.5, 0.6) is 0 Å². The van der Waals surface area contributed by atoms with Crippen LogP contribution in [-0.4, -0.2) is 22.7 Å². The molecule has 0 spiro atoms. The fourth-order valence-corrected chi connectivity index (χ4v) is 2.65. The first-order chi connectivity index (χ1) is 12.8. The number of pyridine rings is 1. The monoisotopic (exact) mass is 416 g/mol. The number of carbonyl (C=O) groups is 2. The van der Waals surface area contributed by atoms with E-state index in [1.165, 1.54) is 18.3 Å². The maximum Gasteiger partial charge on any atom is 0.417 e. The molecule has 0 aliphatic heterocycles. The van der Waals surface area contributed by atoms with E-state index in [4.69, 9.17) is 11.6 Å². The third-order valence-corrected chi connectivity index (χ3v) is 4.15. The van der Waals surface area contributed by atoms with Gasteiger partial charge in [-0.15, -0.1) is 0 Å². The molecule has 2 aromatic rings. The number of alkyl halides is 3. The van der Waals surface area contributed by atoms with E-state index < -0.39 is 46.3 Å². The van der Waals surface area contributed by atoms with Crippen LogP contribution in [0.2, 0.25) is 5.02 Å². The Morgan fingerprint density at radius 2 is 1.75 bits per heavy atom. The number of aromatic nitrogens is 1. The molecule has 9 heteroatoms. The Labute approximate surface area is 163 Å². The number of rotatable bonds is 4. The molecule has 1 N–H and O–H groups in total. The quantitative estimate of drug-likeness (QED) is 0.568. The van der Waals surface area contributed by atoms with Crippen LogP contribution in [-0.2, 0) is 6.18 Å². The number of halogens is 5. The minimum atomic E-state index is -4.94. The van der Waals surface area contributed by atoms with Gasteiger partial charge in [0, 0.05) is 6.20 Å². The average Bonchev–Trinajstić information content (AvgIpc) is 2.57. The normalized spacial score (nSPS) is 13.1. The van der Waals surface area contributed by atoms with Crippen LogP contribution in [0.3, 0.4) is 0 Å². The molecule has 1 atom stereocenters. The maximum absolute atomic E-state index is 14.1. The van der Waals surface area contributed by atoms with E-state index >= 15 is 0 Å². The zero-order valence-corrected chi connectivity index (χ0v) is 16.0. The van der Waals surface area contributed by atoms with Gasteiger partial charge in [-0.3, -0.25) is 14.6 Å². The molecule has 0 saturated heterocycles. The molecule has 1 heterocycles. The predicted octanol–water partition coefficient (Wildman–Crippen LogP) is 4.92. The third-order valence-electron chi connectivity index (χ3n) is 3.93. The van der Waals surface area contributed by atoms with E-state index in [2.05, 4.69) is 10.3 Å². The number of carbonyl (C=O) groups excluding carboxylic acids is 2. The number of nitrogens with one attached hydrogen (secondary N) is 1. The number of hydrogen-bond acceptors (Lipinski definition) is 3. The number of benzene rings is 1. The minimum absolute atomic E-state index is 0.0331. The Bertz CT molecular complexity index is 890. The van der Waals surface area contributed by atoms with Crippen LogP contribution in [0, 0.1) is 11.2 Å². The van der Waals surface area contributed by atoms with Crippen LogP contribution in [0.4, 0.5) is 17.6 Å². The molecule has 0 aliphatic rings. The first-order valence-corrected chi connectivity index (χ1v) is 8.52. The second-order valence-corrected chi connectivity index (χ2v) is 7.59. The lowest BCUT2D eigenvalue weighted by Crippen LogP contribution is -2.49. The van der Waals surface area contributed by atoms with E-state index in [1.807, 2.05) is 0 Å². The van der Waals surface area contributed by atoms with Crippen molar-refractivity contribution < 1.29 is 27.2 Å². The van der Waals surface area contributed by atoms with Gasteiger partial charge in [0.2, 0.25) is 5.78 Å². The molecule has 1 unspecified atom stereocenters. The predicted molar refractivity (Wildman–Crippen MR) is 95.7 cm³/mol. The van der Waals surface area contributed by atoms with Gasteiger partial charge in [-0.2, -0.15) is 13.2 Å². The highest BCUT2D eigenvalue weighted by molar-refractivity contribution is 6.30. The van der Waals surface area contributed by atoms with Crippen molar-refractivity contribution in [1.29, 1.82) is 0 Å². The summed E-state index contributed by atoms with van der Waals surface area (Å²) in [5, 5.41) is 2.52. The highest BCUT2D eigenvalue weighted by atomic mass is 35.5. The van der Waals surface area contributed by atoms with Crippen molar-refractivity contribution in [3.63, 3.8) is 0 Å². The van der Waals surface area contributed by atoms with Crippen LogP contribution < -0.4 is 5.32 Å². The molecule has 2 rings (SSSR count). The van der Waals surface area contributed by atoms with Crippen molar-refractivity contribution in [2.45, 2.75) is 33.0 Å². The summed E-state index contributed by atoms with van der Waals surface area (Å²) in [7, 11) is 0. The highest BCUT2D eigenvalue weighted by Gasteiger charge is 2.39. The lowest BCUT2D eigenvalue weighted by atomic mass is 9.83. The summed E-state index contributed by atoms with van der Waals surface area (Å²) in [6, 6.07) is 3.71. The summed E-state index contributed by atoms with van der Waals surface area (Å²) >= 11 is 5.74. The topological polar surface area (TPSA) is 59.1 Å². The van der Waals surface area contributed by atoms with Crippen molar-refractivity contribution >= 4 is 23.3 Å². The summed E-state index contributed by atoms with van der Waals surface area (Å²) in [4.78, 5) is 29.2. The molecule has 150 valence electrons. The average molecular weight is 417 g/mol. The first-order valence-electron chi connectivity index (χ1n) is 8.14. The largest absolute Gasteiger partial charge is 0.417 e. The number of ketones is 1. The van der Waals surface area contributed by atoms with E-state index in [1.54, 1.807) is 20.8 Å². The Balaban J connectivity index is 2.43. The van der Waals surface area contributed by atoms with E-state index in [-0.39, 0.29) is 10.7 Å². The molecule has 28 heavy (non-hydrogen) atoms. The lowest BCUT2D eigenvalue weighted by Gasteiger charge is -2.30. The molecular formula is C19H17ClF4N2O2. The molecule has 0 radical (unpaired) electrons. The highest BCUT2D eigenvalue weighted by Crippen LogP contribution is 2.33. The summed E-state index contributed by atoms with van der Waals surface area (Å²) in [6.07, 6.45) is -3.71. The Hall–Kier alpha value is -2.48. The second kappa shape index (κ2) is 7.87. The fraction of sp³-hybridized carbons (Fsp3) is 0.316.